The van der Waals surface area contributed by atoms with E-state index in [1.807, 2.05) is 54.6 Å². The van der Waals surface area contributed by atoms with Crippen molar-refractivity contribution in [3.05, 3.63) is 72.6 Å². The first-order valence-electron chi connectivity index (χ1n) is 7.93. The van der Waals surface area contributed by atoms with Crippen molar-refractivity contribution in [2.75, 3.05) is 20.3 Å². The molecular formula is C19H19N3O3. The predicted molar refractivity (Wildman–Crippen MR) is 94.4 cm³/mol. The Bertz CT molecular complexity index is 831. The van der Waals surface area contributed by atoms with Gasteiger partial charge >= 0.3 is 0 Å². The molecule has 6 nitrogen and oxygen atoms in total. The summed E-state index contributed by atoms with van der Waals surface area (Å²) in [6, 6.07) is 18.7. The molecule has 0 unspecified atom stereocenters. The first-order valence-corrected chi connectivity index (χ1v) is 7.93. The van der Waals surface area contributed by atoms with Crippen LogP contribution in [0.3, 0.4) is 0 Å². The first kappa shape index (κ1) is 16.6. The Morgan fingerprint density at radius 3 is 2.52 bits per heavy atom. The minimum absolute atomic E-state index is 0.238. The molecule has 3 rings (SSSR count). The van der Waals surface area contributed by atoms with Gasteiger partial charge in [0.2, 0.25) is 0 Å². The van der Waals surface area contributed by atoms with E-state index in [9.17, 15) is 4.79 Å². The zero-order chi connectivity index (χ0) is 17.5. The third-order valence-corrected chi connectivity index (χ3v) is 3.56. The molecular weight excluding hydrogens is 318 g/mol. The van der Waals surface area contributed by atoms with Gasteiger partial charge in [-0.3, -0.25) is 4.79 Å². The van der Waals surface area contributed by atoms with Crippen LogP contribution in [0.1, 0.15) is 10.5 Å². The van der Waals surface area contributed by atoms with Crippen LogP contribution in [-0.2, 0) is 0 Å². The van der Waals surface area contributed by atoms with E-state index in [1.165, 1.54) is 0 Å². The molecule has 0 saturated heterocycles. The molecule has 0 bridgehead atoms. The third kappa shape index (κ3) is 4.17. The van der Waals surface area contributed by atoms with Crippen LogP contribution in [0.15, 0.2) is 66.9 Å². The van der Waals surface area contributed by atoms with Crippen molar-refractivity contribution in [3.63, 3.8) is 0 Å². The molecule has 0 radical (unpaired) electrons. The Morgan fingerprint density at radius 1 is 1.04 bits per heavy atom. The Labute approximate surface area is 146 Å². The van der Waals surface area contributed by atoms with Crippen molar-refractivity contribution in [3.8, 4) is 17.2 Å². The summed E-state index contributed by atoms with van der Waals surface area (Å²) in [6.45, 7) is 0.709. The van der Waals surface area contributed by atoms with Crippen LogP contribution in [0.25, 0.3) is 5.69 Å². The fourth-order valence-corrected chi connectivity index (χ4v) is 2.32. The number of nitrogens with one attached hydrogen (secondary N) is 1. The molecule has 1 heterocycles. The van der Waals surface area contributed by atoms with Crippen molar-refractivity contribution >= 4 is 5.91 Å². The van der Waals surface area contributed by atoms with Gasteiger partial charge in [-0.2, -0.15) is 5.10 Å². The van der Waals surface area contributed by atoms with E-state index in [2.05, 4.69) is 10.4 Å². The van der Waals surface area contributed by atoms with Gasteiger partial charge in [0.15, 0.2) is 17.2 Å². The van der Waals surface area contributed by atoms with Crippen LogP contribution in [0.2, 0.25) is 0 Å². The van der Waals surface area contributed by atoms with Gasteiger partial charge in [0.1, 0.15) is 6.61 Å². The monoisotopic (exact) mass is 337 g/mol. The van der Waals surface area contributed by atoms with E-state index in [-0.39, 0.29) is 5.91 Å². The number of hydrogen-bond donors (Lipinski definition) is 1. The fraction of sp³-hybridized carbons (Fsp3) is 0.158. The number of para-hydroxylation sites is 3. The lowest BCUT2D eigenvalue weighted by molar-refractivity contribution is 0.0941. The summed E-state index contributed by atoms with van der Waals surface area (Å²) in [6.07, 6.45) is 1.76. The van der Waals surface area contributed by atoms with Gasteiger partial charge in [-0.1, -0.05) is 30.3 Å². The van der Waals surface area contributed by atoms with E-state index >= 15 is 0 Å². The van der Waals surface area contributed by atoms with Crippen LogP contribution >= 0.6 is 0 Å². The molecule has 2 aromatic carbocycles. The van der Waals surface area contributed by atoms with Gasteiger partial charge in [0, 0.05) is 6.20 Å². The number of methoxy groups -OCH3 is 1. The Hall–Kier alpha value is -3.28. The minimum atomic E-state index is -0.238. The molecule has 0 aliphatic heterocycles. The van der Waals surface area contributed by atoms with E-state index in [1.54, 1.807) is 24.1 Å². The lowest BCUT2D eigenvalue weighted by Gasteiger charge is -2.10. The zero-order valence-electron chi connectivity index (χ0n) is 13.9. The number of ether oxygens (including phenoxy) is 2. The summed E-state index contributed by atoms with van der Waals surface area (Å²) in [5.41, 5.74) is 1.27. The molecule has 1 aromatic heterocycles. The number of benzene rings is 2. The number of amides is 1. The van der Waals surface area contributed by atoms with Gasteiger partial charge < -0.3 is 14.8 Å². The SMILES string of the molecule is COc1ccccc1OCCNC(=O)c1ccn(-c2ccccc2)n1. The molecule has 1 amide bonds. The average molecular weight is 337 g/mol. The molecule has 25 heavy (non-hydrogen) atoms. The van der Waals surface area contributed by atoms with Crippen molar-refractivity contribution < 1.29 is 14.3 Å². The second-order valence-corrected chi connectivity index (χ2v) is 5.24. The van der Waals surface area contributed by atoms with Gasteiger partial charge in [-0.25, -0.2) is 4.68 Å². The molecule has 1 N–H and O–H groups in total. The van der Waals surface area contributed by atoms with Gasteiger partial charge in [0.05, 0.1) is 19.3 Å². The van der Waals surface area contributed by atoms with Crippen LogP contribution in [0.5, 0.6) is 11.5 Å². The second-order valence-electron chi connectivity index (χ2n) is 5.24. The second kappa shape index (κ2) is 8.01. The molecule has 128 valence electrons. The lowest BCUT2D eigenvalue weighted by atomic mass is 10.3. The molecule has 6 heteroatoms. The van der Waals surface area contributed by atoms with E-state index in [0.29, 0.717) is 30.3 Å². The normalized spacial score (nSPS) is 10.3. The fourth-order valence-electron chi connectivity index (χ4n) is 2.32. The Kier molecular flexibility index (Phi) is 5.31. The summed E-state index contributed by atoms with van der Waals surface area (Å²) >= 11 is 0. The summed E-state index contributed by atoms with van der Waals surface area (Å²) < 4.78 is 12.5. The topological polar surface area (TPSA) is 65.4 Å². The number of rotatable bonds is 7. The maximum atomic E-state index is 12.2. The van der Waals surface area contributed by atoms with Crippen molar-refractivity contribution in [1.82, 2.24) is 15.1 Å². The zero-order valence-corrected chi connectivity index (χ0v) is 13.9. The maximum Gasteiger partial charge on any atom is 0.271 e. The smallest absolute Gasteiger partial charge is 0.271 e. The highest BCUT2D eigenvalue weighted by Gasteiger charge is 2.10. The van der Waals surface area contributed by atoms with Crippen molar-refractivity contribution in [2.45, 2.75) is 0 Å². The highest BCUT2D eigenvalue weighted by Crippen LogP contribution is 2.25. The standard InChI is InChI=1S/C19H19N3O3/c1-24-17-9-5-6-10-18(17)25-14-12-20-19(23)16-11-13-22(21-16)15-7-3-2-4-8-15/h2-11,13H,12,14H2,1H3,(H,20,23). The maximum absolute atomic E-state index is 12.2. The van der Waals surface area contributed by atoms with Crippen LogP contribution < -0.4 is 14.8 Å². The predicted octanol–water partition coefficient (Wildman–Crippen LogP) is 2.69. The Balaban J connectivity index is 1.51. The molecule has 3 aromatic rings. The quantitative estimate of drug-likeness (QED) is 0.673. The molecule has 0 aliphatic carbocycles. The van der Waals surface area contributed by atoms with Crippen LogP contribution in [0.4, 0.5) is 0 Å². The van der Waals surface area contributed by atoms with Crippen molar-refractivity contribution in [1.29, 1.82) is 0 Å². The molecule has 0 atom stereocenters. The van der Waals surface area contributed by atoms with E-state index in [0.717, 1.165) is 5.69 Å². The Morgan fingerprint density at radius 2 is 1.76 bits per heavy atom. The third-order valence-electron chi connectivity index (χ3n) is 3.56. The molecule has 0 spiro atoms. The largest absolute Gasteiger partial charge is 0.493 e. The number of nitrogens with zero attached hydrogens (tertiary/aromatic N) is 2. The first-order chi connectivity index (χ1) is 12.3. The van der Waals surface area contributed by atoms with Gasteiger partial charge in [0.25, 0.3) is 5.91 Å². The van der Waals surface area contributed by atoms with E-state index in [4.69, 9.17) is 9.47 Å². The average Bonchev–Trinajstić information content (AvgIpc) is 3.16. The number of carbonyl (C=O) groups excluding carboxylic acids is 1. The van der Waals surface area contributed by atoms with E-state index < -0.39 is 0 Å². The summed E-state index contributed by atoms with van der Waals surface area (Å²) in [4.78, 5) is 12.2. The molecule has 0 saturated carbocycles. The highest BCUT2D eigenvalue weighted by atomic mass is 16.5. The molecule has 0 aliphatic rings. The molecule has 0 fully saturated rings. The van der Waals surface area contributed by atoms with Crippen LogP contribution in [-0.4, -0.2) is 35.9 Å². The number of carbonyl (C=O) groups is 1. The number of aromatic nitrogens is 2. The summed E-state index contributed by atoms with van der Waals surface area (Å²) in [5.74, 6) is 1.07. The van der Waals surface area contributed by atoms with Gasteiger partial charge in [-0.15, -0.1) is 0 Å². The number of hydrogen-bond acceptors (Lipinski definition) is 4. The van der Waals surface area contributed by atoms with Crippen LogP contribution in [0, 0.1) is 0 Å². The van der Waals surface area contributed by atoms with Crippen molar-refractivity contribution in [2.24, 2.45) is 0 Å². The summed E-state index contributed by atoms with van der Waals surface area (Å²) in [5, 5.41) is 7.08. The summed E-state index contributed by atoms with van der Waals surface area (Å²) in [7, 11) is 1.59. The highest BCUT2D eigenvalue weighted by molar-refractivity contribution is 5.92. The lowest BCUT2D eigenvalue weighted by Crippen LogP contribution is -2.28. The minimum Gasteiger partial charge on any atom is -0.493 e. The van der Waals surface area contributed by atoms with Gasteiger partial charge in [-0.05, 0) is 30.3 Å².